The van der Waals surface area contributed by atoms with Gasteiger partial charge < -0.3 is 15.8 Å². The van der Waals surface area contributed by atoms with Crippen molar-refractivity contribution in [1.82, 2.24) is 0 Å². The quantitative estimate of drug-likeness (QED) is 0.847. The molecule has 0 radical (unpaired) electrons. The Labute approximate surface area is 123 Å². The fraction of sp³-hybridized carbons (Fsp3) is 0.125. The number of amides is 1. The van der Waals surface area contributed by atoms with Gasteiger partial charge in [0.15, 0.2) is 0 Å². The molecule has 0 saturated heterocycles. The van der Waals surface area contributed by atoms with E-state index in [0.29, 0.717) is 28.3 Å². The summed E-state index contributed by atoms with van der Waals surface area (Å²) in [6.45, 7) is 1.83. The van der Waals surface area contributed by atoms with Crippen molar-refractivity contribution in [3.63, 3.8) is 0 Å². The number of methoxy groups -OCH3 is 1. The highest BCUT2D eigenvalue weighted by molar-refractivity contribution is 6.06. The lowest BCUT2D eigenvalue weighted by atomic mass is 10.1. The summed E-state index contributed by atoms with van der Waals surface area (Å²) >= 11 is 0. The Morgan fingerprint density at radius 1 is 1.33 bits per heavy atom. The van der Waals surface area contributed by atoms with Crippen LogP contribution in [0.4, 0.5) is 11.4 Å². The zero-order valence-electron chi connectivity index (χ0n) is 11.8. The van der Waals surface area contributed by atoms with Crippen molar-refractivity contribution in [2.75, 3.05) is 18.2 Å². The predicted octanol–water partition coefficient (Wildman–Crippen LogP) is 2.71. The van der Waals surface area contributed by atoms with E-state index in [4.69, 9.17) is 15.7 Å². The van der Waals surface area contributed by atoms with Gasteiger partial charge in [0, 0.05) is 11.3 Å². The van der Waals surface area contributed by atoms with Crippen molar-refractivity contribution in [2.45, 2.75) is 6.92 Å². The summed E-state index contributed by atoms with van der Waals surface area (Å²) < 4.78 is 5.18. The minimum Gasteiger partial charge on any atom is -0.495 e. The summed E-state index contributed by atoms with van der Waals surface area (Å²) in [5.74, 6) is 0.119. The number of nitrogen functional groups attached to an aromatic ring is 1. The number of rotatable bonds is 3. The molecule has 5 nitrogen and oxygen atoms in total. The lowest BCUT2D eigenvalue weighted by Crippen LogP contribution is -2.14. The van der Waals surface area contributed by atoms with Crippen LogP contribution in [0.25, 0.3) is 0 Å². The maximum Gasteiger partial charge on any atom is 0.255 e. The van der Waals surface area contributed by atoms with Gasteiger partial charge in [-0.05, 0) is 42.8 Å². The van der Waals surface area contributed by atoms with E-state index in [1.807, 2.05) is 13.0 Å². The van der Waals surface area contributed by atoms with Gasteiger partial charge in [-0.2, -0.15) is 5.26 Å². The van der Waals surface area contributed by atoms with Crippen LogP contribution in [-0.4, -0.2) is 13.0 Å². The molecular formula is C16H15N3O2. The molecule has 2 aromatic rings. The Hall–Kier alpha value is -3.00. The number of ether oxygens (including phenoxy) is 1. The van der Waals surface area contributed by atoms with E-state index >= 15 is 0 Å². The summed E-state index contributed by atoms with van der Waals surface area (Å²) in [6.07, 6.45) is 0. The molecular weight excluding hydrogens is 266 g/mol. The summed E-state index contributed by atoms with van der Waals surface area (Å²) in [7, 11) is 1.49. The maximum atomic E-state index is 12.3. The Morgan fingerprint density at radius 3 is 2.71 bits per heavy atom. The molecule has 0 aromatic heterocycles. The number of aryl methyl sites for hydroxylation is 1. The third-order valence-electron chi connectivity index (χ3n) is 3.14. The molecule has 0 heterocycles. The first-order valence-corrected chi connectivity index (χ1v) is 6.31. The number of nitrogens with two attached hydrogens (primary N) is 1. The number of para-hydroxylation sites is 1. The highest BCUT2D eigenvalue weighted by atomic mass is 16.5. The lowest BCUT2D eigenvalue weighted by molar-refractivity contribution is 0.102. The number of nitriles is 1. The van der Waals surface area contributed by atoms with Crippen molar-refractivity contribution < 1.29 is 9.53 Å². The minimum absolute atomic E-state index is 0.320. The Kier molecular flexibility index (Phi) is 4.10. The van der Waals surface area contributed by atoms with E-state index < -0.39 is 0 Å². The van der Waals surface area contributed by atoms with Gasteiger partial charge in [-0.25, -0.2) is 0 Å². The Balaban J connectivity index is 2.36. The second kappa shape index (κ2) is 5.97. The van der Waals surface area contributed by atoms with Crippen LogP contribution in [0, 0.1) is 18.3 Å². The first kappa shape index (κ1) is 14.4. The number of carbonyl (C=O) groups is 1. The number of hydrogen-bond acceptors (Lipinski definition) is 4. The second-order valence-electron chi connectivity index (χ2n) is 4.52. The van der Waals surface area contributed by atoms with E-state index in [1.54, 1.807) is 36.4 Å². The van der Waals surface area contributed by atoms with Gasteiger partial charge >= 0.3 is 0 Å². The largest absolute Gasteiger partial charge is 0.495 e. The van der Waals surface area contributed by atoms with Crippen molar-refractivity contribution in [3.05, 3.63) is 53.1 Å². The van der Waals surface area contributed by atoms with Crippen LogP contribution in [-0.2, 0) is 0 Å². The molecule has 0 bridgehead atoms. The molecule has 2 aromatic carbocycles. The standard InChI is InChI=1S/C16H15N3O2/c1-10-8-11(6-7-13(10)18)16(20)19-15-12(9-17)4-3-5-14(15)21-2/h3-8H,18H2,1-2H3,(H,19,20). The first-order valence-electron chi connectivity index (χ1n) is 6.31. The van der Waals surface area contributed by atoms with Crippen LogP contribution >= 0.6 is 0 Å². The molecule has 0 aliphatic rings. The molecule has 0 saturated carbocycles. The smallest absolute Gasteiger partial charge is 0.255 e. The van der Waals surface area contributed by atoms with Crippen molar-refractivity contribution in [3.8, 4) is 11.8 Å². The molecule has 0 fully saturated rings. The second-order valence-corrected chi connectivity index (χ2v) is 4.52. The van der Waals surface area contributed by atoms with Crippen molar-refractivity contribution in [1.29, 1.82) is 5.26 Å². The van der Waals surface area contributed by atoms with Crippen LogP contribution in [0.5, 0.6) is 5.75 Å². The first-order chi connectivity index (χ1) is 10.1. The molecule has 0 atom stereocenters. The number of benzene rings is 2. The van der Waals surface area contributed by atoms with Gasteiger partial charge in [0.25, 0.3) is 5.91 Å². The molecule has 3 N–H and O–H groups in total. The number of nitrogens with zero attached hydrogens (tertiary/aromatic N) is 1. The Morgan fingerprint density at radius 2 is 2.10 bits per heavy atom. The maximum absolute atomic E-state index is 12.3. The zero-order valence-corrected chi connectivity index (χ0v) is 11.8. The highest BCUT2D eigenvalue weighted by Crippen LogP contribution is 2.28. The average molecular weight is 281 g/mol. The third-order valence-corrected chi connectivity index (χ3v) is 3.14. The molecule has 2 rings (SSSR count). The molecule has 106 valence electrons. The number of anilines is 2. The average Bonchev–Trinajstić information content (AvgIpc) is 2.50. The van der Waals surface area contributed by atoms with E-state index in [9.17, 15) is 4.79 Å². The molecule has 0 spiro atoms. The van der Waals surface area contributed by atoms with E-state index in [-0.39, 0.29) is 5.91 Å². The van der Waals surface area contributed by atoms with Gasteiger partial charge in [-0.1, -0.05) is 6.07 Å². The van der Waals surface area contributed by atoms with Crippen LogP contribution in [0.3, 0.4) is 0 Å². The summed E-state index contributed by atoms with van der Waals surface area (Å²) in [5, 5.41) is 11.8. The topological polar surface area (TPSA) is 88.1 Å². The zero-order chi connectivity index (χ0) is 15.4. The molecule has 5 heteroatoms. The van der Waals surface area contributed by atoms with Crippen LogP contribution < -0.4 is 15.8 Å². The number of nitrogens with one attached hydrogen (secondary N) is 1. The number of carbonyl (C=O) groups excluding carboxylic acids is 1. The number of hydrogen-bond donors (Lipinski definition) is 2. The van der Waals surface area contributed by atoms with Crippen molar-refractivity contribution in [2.24, 2.45) is 0 Å². The normalized spacial score (nSPS) is 9.76. The van der Waals surface area contributed by atoms with Crippen molar-refractivity contribution >= 4 is 17.3 Å². The van der Waals surface area contributed by atoms with E-state index in [1.165, 1.54) is 7.11 Å². The van der Waals surface area contributed by atoms with Crippen LogP contribution in [0.1, 0.15) is 21.5 Å². The van der Waals surface area contributed by atoms with Gasteiger partial charge in [-0.3, -0.25) is 4.79 Å². The molecule has 21 heavy (non-hydrogen) atoms. The van der Waals surface area contributed by atoms with Gasteiger partial charge in [0.2, 0.25) is 0 Å². The molecule has 0 aliphatic heterocycles. The van der Waals surface area contributed by atoms with Gasteiger partial charge in [0.1, 0.15) is 17.5 Å². The highest BCUT2D eigenvalue weighted by Gasteiger charge is 2.14. The van der Waals surface area contributed by atoms with Crippen LogP contribution in [0.15, 0.2) is 36.4 Å². The van der Waals surface area contributed by atoms with Gasteiger partial charge in [-0.15, -0.1) is 0 Å². The predicted molar refractivity (Wildman–Crippen MR) is 81.3 cm³/mol. The van der Waals surface area contributed by atoms with Gasteiger partial charge in [0.05, 0.1) is 12.7 Å². The monoisotopic (exact) mass is 281 g/mol. The van der Waals surface area contributed by atoms with Crippen LogP contribution in [0.2, 0.25) is 0 Å². The summed E-state index contributed by atoms with van der Waals surface area (Å²) in [4.78, 5) is 12.3. The van der Waals surface area contributed by atoms with E-state index in [2.05, 4.69) is 5.32 Å². The SMILES string of the molecule is COc1cccc(C#N)c1NC(=O)c1ccc(N)c(C)c1. The summed E-state index contributed by atoms with van der Waals surface area (Å²) in [5.41, 5.74) is 8.36. The minimum atomic E-state index is -0.320. The molecule has 0 unspecified atom stereocenters. The lowest BCUT2D eigenvalue weighted by Gasteiger charge is -2.12. The summed E-state index contributed by atoms with van der Waals surface area (Å²) in [6, 6.07) is 12.0. The Bertz CT molecular complexity index is 733. The molecule has 1 amide bonds. The fourth-order valence-corrected chi connectivity index (χ4v) is 1.93. The molecule has 0 aliphatic carbocycles. The fourth-order valence-electron chi connectivity index (χ4n) is 1.93. The third kappa shape index (κ3) is 2.95. The van der Waals surface area contributed by atoms with E-state index in [0.717, 1.165) is 5.56 Å².